The first-order valence-corrected chi connectivity index (χ1v) is 7.93. The average molecular weight is 338 g/mol. The van der Waals surface area contributed by atoms with Gasteiger partial charge < -0.3 is 14.8 Å². The third-order valence-corrected chi connectivity index (χ3v) is 3.78. The van der Waals surface area contributed by atoms with Gasteiger partial charge in [0.15, 0.2) is 0 Å². The standard InChI is InChI=1S/C18H18N4O3/c1-4-14-16(11(3)25-22-14)18(24)20-13-7-5-12(6-8-13)17-19-10(2)9-15(23)21-17/h5-9H,4H2,1-3H3,(H,20,24)(H,19,21,23). The lowest BCUT2D eigenvalue weighted by atomic mass is 10.1. The zero-order chi connectivity index (χ0) is 18.0. The molecule has 0 aliphatic rings. The maximum absolute atomic E-state index is 12.4. The van der Waals surface area contributed by atoms with Crippen LogP contribution in [0.25, 0.3) is 11.4 Å². The summed E-state index contributed by atoms with van der Waals surface area (Å²) in [5, 5.41) is 6.72. The fourth-order valence-electron chi connectivity index (χ4n) is 2.57. The van der Waals surface area contributed by atoms with Gasteiger partial charge in [0.25, 0.3) is 11.5 Å². The highest BCUT2D eigenvalue weighted by Gasteiger charge is 2.19. The van der Waals surface area contributed by atoms with Gasteiger partial charge in [0.05, 0.1) is 5.69 Å². The van der Waals surface area contributed by atoms with E-state index >= 15 is 0 Å². The number of rotatable bonds is 4. The molecule has 0 atom stereocenters. The Labute approximate surface area is 144 Å². The second-order valence-electron chi connectivity index (χ2n) is 5.68. The molecule has 2 N–H and O–H groups in total. The fourth-order valence-corrected chi connectivity index (χ4v) is 2.57. The molecule has 128 valence electrons. The number of aromatic nitrogens is 3. The molecular weight excluding hydrogens is 320 g/mol. The van der Waals surface area contributed by atoms with E-state index in [4.69, 9.17) is 4.52 Å². The highest BCUT2D eigenvalue weighted by molar-refractivity contribution is 6.05. The summed E-state index contributed by atoms with van der Waals surface area (Å²) in [4.78, 5) is 31.0. The van der Waals surface area contributed by atoms with Crippen LogP contribution >= 0.6 is 0 Å². The Morgan fingerprint density at radius 2 is 1.96 bits per heavy atom. The Hall–Kier alpha value is -3.22. The van der Waals surface area contributed by atoms with Crippen LogP contribution in [0.2, 0.25) is 0 Å². The molecule has 2 heterocycles. The molecule has 0 saturated heterocycles. The molecule has 0 saturated carbocycles. The monoisotopic (exact) mass is 338 g/mol. The van der Waals surface area contributed by atoms with Crippen LogP contribution in [-0.2, 0) is 6.42 Å². The van der Waals surface area contributed by atoms with Gasteiger partial charge in [-0.05, 0) is 44.5 Å². The summed E-state index contributed by atoms with van der Waals surface area (Å²) in [5.41, 5.74) is 2.94. The average Bonchev–Trinajstić information content (AvgIpc) is 2.95. The number of carbonyl (C=O) groups is 1. The van der Waals surface area contributed by atoms with Crippen LogP contribution in [0.3, 0.4) is 0 Å². The summed E-state index contributed by atoms with van der Waals surface area (Å²) < 4.78 is 5.09. The van der Waals surface area contributed by atoms with Crippen molar-refractivity contribution in [2.75, 3.05) is 5.32 Å². The van der Waals surface area contributed by atoms with Gasteiger partial charge in [0.2, 0.25) is 0 Å². The quantitative estimate of drug-likeness (QED) is 0.762. The number of hydrogen-bond acceptors (Lipinski definition) is 5. The van der Waals surface area contributed by atoms with Gasteiger partial charge in [-0.25, -0.2) is 4.98 Å². The number of aryl methyl sites for hydroxylation is 3. The number of hydrogen-bond donors (Lipinski definition) is 2. The molecule has 0 aliphatic carbocycles. The molecular formula is C18H18N4O3. The molecule has 25 heavy (non-hydrogen) atoms. The summed E-state index contributed by atoms with van der Waals surface area (Å²) in [6.07, 6.45) is 0.616. The Balaban J connectivity index is 1.82. The fraction of sp³-hybridized carbons (Fsp3) is 0.222. The molecule has 0 aliphatic heterocycles. The van der Waals surface area contributed by atoms with E-state index in [1.54, 1.807) is 38.1 Å². The number of anilines is 1. The first-order valence-electron chi connectivity index (χ1n) is 7.93. The van der Waals surface area contributed by atoms with Gasteiger partial charge in [-0.2, -0.15) is 0 Å². The first kappa shape index (κ1) is 16.6. The van der Waals surface area contributed by atoms with Crippen molar-refractivity contribution >= 4 is 11.6 Å². The van der Waals surface area contributed by atoms with Crippen LogP contribution in [0, 0.1) is 13.8 Å². The lowest BCUT2D eigenvalue weighted by Crippen LogP contribution is -2.14. The van der Waals surface area contributed by atoms with Crippen molar-refractivity contribution in [1.29, 1.82) is 0 Å². The Morgan fingerprint density at radius 1 is 1.24 bits per heavy atom. The second kappa shape index (κ2) is 6.72. The van der Waals surface area contributed by atoms with Crippen LogP contribution in [0.15, 0.2) is 39.6 Å². The maximum atomic E-state index is 12.4. The third-order valence-electron chi connectivity index (χ3n) is 3.78. The Kier molecular flexibility index (Phi) is 4.47. The van der Waals surface area contributed by atoms with Crippen LogP contribution in [0.4, 0.5) is 5.69 Å². The number of nitrogens with zero attached hydrogens (tertiary/aromatic N) is 2. The van der Waals surface area contributed by atoms with Crippen molar-refractivity contribution in [3.8, 4) is 11.4 Å². The number of aromatic amines is 1. The molecule has 3 rings (SSSR count). The zero-order valence-electron chi connectivity index (χ0n) is 14.2. The van der Waals surface area contributed by atoms with Crippen molar-refractivity contribution in [3.63, 3.8) is 0 Å². The lowest BCUT2D eigenvalue weighted by Gasteiger charge is -2.07. The van der Waals surface area contributed by atoms with Crippen molar-refractivity contribution < 1.29 is 9.32 Å². The summed E-state index contributed by atoms with van der Waals surface area (Å²) in [6.45, 7) is 5.39. The van der Waals surface area contributed by atoms with Gasteiger partial charge in [-0.3, -0.25) is 9.59 Å². The third kappa shape index (κ3) is 3.50. The van der Waals surface area contributed by atoms with Crippen molar-refractivity contribution in [2.45, 2.75) is 27.2 Å². The van der Waals surface area contributed by atoms with Gasteiger partial charge in [0, 0.05) is 23.0 Å². The molecule has 0 unspecified atom stereocenters. The van der Waals surface area contributed by atoms with Crippen molar-refractivity contribution in [2.24, 2.45) is 0 Å². The summed E-state index contributed by atoms with van der Waals surface area (Å²) in [5.74, 6) is 0.726. The number of benzene rings is 1. The maximum Gasteiger partial charge on any atom is 0.261 e. The minimum Gasteiger partial charge on any atom is -0.361 e. The van der Waals surface area contributed by atoms with Crippen LogP contribution < -0.4 is 10.9 Å². The number of amides is 1. The first-order chi connectivity index (χ1) is 12.0. The normalized spacial score (nSPS) is 10.7. The molecule has 3 aromatic rings. The predicted molar refractivity (Wildman–Crippen MR) is 93.6 cm³/mol. The van der Waals surface area contributed by atoms with Gasteiger partial charge in [0.1, 0.15) is 17.1 Å². The molecule has 2 aromatic heterocycles. The van der Waals surface area contributed by atoms with E-state index < -0.39 is 0 Å². The van der Waals surface area contributed by atoms with E-state index in [1.807, 2.05) is 6.92 Å². The Morgan fingerprint density at radius 3 is 2.60 bits per heavy atom. The van der Waals surface area contributed by atoms with E-state index in [0.29, 0.717) is 40.6 Å². The van der Waals surface area contributed by atoms with Gasteiger partial charge in [-0.15, -0.1) is 0 Å². The molecule has 0 spiro atoms. The minimum absolute atomic E-state index is 0.199. The summed E-state index contributed by atoms with van der Waals surface area (Å²) in [6, 6.07) is 8.52. The number of H-pyrrole nitrogens is 1. The summed E-state index contributed by atoms with van der Waals surface area (Å²) in [7, 11) is 0. The molecule has 0 fully saturated rings. The van der Waals surface area contributed by atoms with Crippen molar-refractivity contribution in [3.05, 3.63) is 63.4 Å². The number of nitrogens with one attached hydrogen (secondary N) is 2. The van der Waals surface area contributed by atoms with E-state index in [1.165, 1.54) is 6.07 Å². The molecule has 0 radical (unpaired) electrons. The highest BCUT2D eigenvalue weighted by Crippen LogP contribution is 2.20. The van der Waals surface area contributed by atoms with E-state index in [0.717, 1.165) is 5.56 Å². The second-order valence-corrected chi connectivity index (χ2v) is 5.68. The van der Waals surface area contributed by atoms with E-state index in [-0.39, 0.29) is 11.5 Å². The number of carbonyl (C=O) groups excluding carboxylic acids is 1. The molecule has 0 bridgehead atoms. The largest absolute Gasteiger partial charge is 0.361 e. The highest BCUT2D eigenvalue weighted by atomic mass is 16.5. The van der Waals surface area contributed by atoms with E-state index in [9.17, 15) is 9.59 Å². The minimum atomic E-state index is -0.259. The molecule has 1 amide bonds. The molecule has 7 nitrogen and oxygen atoms in total. The Bertz CT molecular complexity index is 971. The van der Waals surface area contributed by atoms with E-state index in [2.05, 4.69) is 20.4 Å². The van der Waals surface area contributed by atoms with Crippen molar-refractivity contribution in [1.82, 2.24) is 15.1 Å². The smallest absolute Gasteiger partial charge is 0.261 e. The lowest BCUT2D eigenvalue weighted by molar-refractivity contribution is 0.102. The molecule has 1 aromatic carbocycles. The van der Waals surface area contributed by atoms with Crippen LogP contribution in [0.1, 0.15) is 34.4 Å². The topological polar surface area (TPSA) is 101 Å². The van der Waals surface area contributed by atoms with Crippen LogP contribution in [0.5, 0.6) is 0 Å². The van der Waals surface area contributed by atoms with Gasteiger partial charge >= 0.3 is 0 Å². The van der Waals surface area contributed by atoms with Gasteiger partial charge in [-0.1, -0.05) is 12.1 Å². The molecule has 7 heteroatoms. The SMILES string of the molecule is CCc1noc(C)c1C(=O)Nc1ccc(-c2nc(C)cc(=O)[nH]2)cc1. The zero-order valence-corrected chi connectivity index (χ0v) is 14.2. The summed E-state index contributed by atoms with van der Waals surface area (Å²) >= 11 is 0. The van der Waals surface area contributed by atoms with Crippen LogP contribution in [-0.4, -0.2) is 21.0 Å². The predicted octanol–water partition coefficient (Wildman–Crippen LogP) is 2.86.